The van der Waals surface area contributed by atoms with Crippen molar-refractivity contribution in [3.05, 3.63) is 47.0 Å². The molecule has 1 aromatic heterocycles. The smallest absolute Gasteiger partial charge is 0.404 e. The zero-order valence-electron chi connectivity index (χ0n) is 9.99. The number of rotatable bonds is 4. The number of nitrogens with zero attached hydrogens (tertiary/aromatic N) is 2. The van der Waals surface area contributed by atoms with Gasteiger partial charge < -0.3 is 10.1 Å². The van der Waals surface area contributed by atoms with E-state index in [1.807, 2.05) is 0 Å². The number of hydrogen-bond donors (Lipinski definition) is 1. The van der Waals surface area contributed by atoms with Gasteiger partial charge in [0.2, 0.25) is 0 Å². The zero-order chi connectivity index (χ0) is 14.6. The molecule has 0 atom stereocenters. The molecule has 0 unspecified atom stereocenters. The fraction of sp³-hybridized carbons (Fsp3) is 0.167. The first-order chi connectivity index (χ1) is 9.44. The minimum Gasteiger partial charge on any atom is -0.404 e. The second kappa shape index (κ2) is 6.08. The van der Waals surface area contributed by atoms with Crippen molar-refractivity contribution in [2.75, 3.05) is 5.32 Å². The molecule has 2 aromatic rings. The van der Waals surface area contributed by atoms with E-state index in [1.54, 1.807) is 18.3 Å². The highest BCUT2D eigenvalue weighted by atomic mass is 79.9. The molecule has 106 valence electrons. The largest absolute Gasteiger partial charge is 0.573 e. The standard InChI is InChI=1S/C12H9BrF3N3O/c13-8-1-2-10(11(5-8)20-12(14,15)16)18-6-9-3-4-17-7-19-9/h1-5,7,18H,6H2. The van der Waals surface area contributed by atoms with Gasteiger partial charge in [-0.15, -0.1) is 13.2 Å². The van der Waals surface area contributed by atoms with Gasteiger partial charge in [-0.3, -0.25) is 0 Å². The maximum absolute atomic E-state index is 12.3. The van der Waals surface area contributed by atoms with Crippen LogP contribution in [0.3, 0.4) is 0 Å². The average molecular weight is 348 g/mol. The minimum absolute atomic E-state index is 0.226. The Hall–Kier alpha value is -1.83. The van der Waals surface area contributed by atoms with E-state index < -0.39 is 6.36 Å². The third-order valence-electron chi connectivity index (χ3n) is 2.27. The molecule has 1 aromatic carbocycles. The van der Waals surface area contributed by atoms with Gasteiger partial charge in [0, 0.05) is 10.7 Å². The number of ether oxygens (including phenoxy) is 1. The van der Waals surface area contributed by atoms with Crippen LogP contribution in [0.4, 0.5) is 18.9 Å². The predicted molar refractivity (Wildman–Crippen MR) is 70.2 cm³/mol. The Morgan fingerprint density at radius 2 is 2.05 bits per heavy atom. The summed E-state index contributed by atoms with van der Waals surface area (Å²) >= 11 is 3.10. The number of hydrogen-bond acceptors (Lipinski definition) is 4. The first-order valence-electron chi connectivity index (χ1n) is 5.48. The Morgan fingerprint density at radius 1 is 1.25 bits per heavy atom. The lowest BCUT2D eigenvalue weighted by Gasteiger charge is -2.14. The third kappa shape index (κ3) is 4.37. The van der Waals surface area contributed by atoms with Crippen LogP contribution in [-0.2, 0) is 6.54 Å². The highest BCUT2D eigenvalue weighted by Gasteiger charge is 2.32. The highest BCUT2D eigenvalue weighted by Crippen LogP contribution is 2.33. The quantitative estimate of drug-likeness (QED) is 0.914. The van der Waals surface area contributed by atoms with Crippen molar-refractivity contribution in [3.63, 3.8) is 0 Å². The van der Waals surface area contributed by atoms with Crippen LogP contribution in [0.5, 0.6) is 5.75 Å². The lowest BCUT2D eigenvalue weighted by molar-refractivity contribution is -0.274. The molecule has 0 bridgehead atoms. The van der Waals surface area contributed by atoms with Gasteiger partial charge in [0.15, 0.2) is 5.75 Å². The summed E-state index contributed by atoms with van der Waals surface area (Å²) in [7, 11) is 0. The summed E-state index contributed by atoms with van der Waals surface area (Å²) in [4.78, 5) is 7.73. The molecule has 0 saturated heterocycles. The maximum Gasteiger partial charge on any atom is 0.573 e. The van der Waals surface area contributed by atoms with E-state index in [4.69, 9.17) is 0 Å². The van der Waals surface area contributed by atoms with E-state index in [1.165, 1.54) is 18.5 Å². The van der Waals surface area contributed by atoms with Crippen LogP contribution >= 0.6 is 15.9 Å². The van der Waals surface area contributed by atoms with Crippen molar-refractivity contribution in [3.8, 4) is 5.75 Å². The van der Waals surface area contributed by atoms with Crippen LogP contribution in [0.25, 0.3) is 0 Å². The van der Waals surface area contributed by atoms with Crippen LogP contribution in [0.15, 0.2) is 41.3 Å². The molecule has 0 aliphatic heterocycles. The van der Waals surface area contributed by atoms with Crippen molar-refractivity contribution in [1.82, 2.24) is 9.97 Å². The average Bonchev–Trinajstić information content (AvgIpc) is 2.37. The molecule has 4 nitrogen and oxygen atoms in total. The number of alkyl halides is 3. The Labute approximate surface area is 121 Å². The summed E-state index contributed by atoms with van der Waals surface area (Å²) in [6.07, 6.45) is -1.82. The molecule has 2 rings (SSSR count). The van der Waals surface area contributed by atoms with E-state index in [-0.39, 0.29) is 18.0 Å². The van der Waals surface area contributed by atoms with Crippen LogP contribution in [-0.4, -0.2) is 16.3 Å². The monoisotopic (exact) mass is 347 g/mol. The van der Waals surface area contributed by atoms with E-state index in [0.717, 1.165) is 0 Å². The van der Waals surface area contributed by atoms with Crippen LogP contribution in [0.1, 0.15) is 5.69 Å². The van der Waals surface area contributed by atoms with Crippen LogP contribution < -0.4 is 10.1 Å². The summed E-state index contributed by atoms with van der Waals surface area (Å²) in [5.74, 6) is -0.305. The van der Waals surface area contributed by atoms with Crippen molar-refractivity contribution in [2.45, 2.75) is 12.9 Å². The molecule has 0 radical (unpaired) electrons. The number of nitrogens with one attached hydrogen (secondary N) is 1. The van der Waals surface area contributed by atoms with Crippen molar-refractivity contribution in [1.29, 1.82) is 0 Å². The van der Waals surface area contributed by atoms with Crippen molar-refractivity contribution in [2.24, 2.45) is 0 Å². The van der Waals surface area contributed by atoms with Gasteiger partial charge in [0.25, 0.3) is 0 Å². The Kier molecular flexibility index (Phi) is 4.43. The molecule has 1 N–H and O–H groups in total. The Morgan fingerprint density at radius 3 is 2.70 bits per heavy atom. The molecule has 0 aliphatic rings. The normalized spacial score (nSPS) is 11.2. The molecule has 0 fully saturated rings. The molecule has 0 saturated carbocycles. The Balaban J connectivity index is 2.14. The first kappa shape index (κ1) is 14.6. The third-order valence-corrected chi connectivity index (χ3v) is 2.77. The SMILES string of the molecule is FC(F)(F)Oc1cc(Br)ccc1NCc1ccncn1. The number of aromatic nitrogens is 2. The van der Waals surface area contributed by atoms with Gasteiger partial charge in [-0.25, -0.2) is 9.97 Å². The van der Waals surface area contributed by atoms with E-state index in [0.29, 0.717) is 10.2 Å². The fourth-order valence-corrected chi connectivity index (χ4v) is 1.80. The number of anilines is 1. The topological polar surface area (TPSA) is 47.0 Å². The molecule has 8 heteroatoms. The summed E-state index contributed by atoms with van der Waals surface area (Å²) in [5.41, 5.74) is 0.880. The molecule has 20 heavy (non-hydrogen) atoms. The minimum atomic E-state index is -4.74. The Bertz CT molecular complexity index is 578. The molecule has 0 amide bonds. The zero-order valence-corrected chi connectivity index (χ0v) is 11.6. The second-order valence-corrected chi connectivity index (χ2v) is 4.66. The molecular weight excluding hydrogens is 339 g/mol. The number of benzene rings is 1. The predicted octanol–water partition coefficient (Wildman–Crippen LogP) is 3.75. The first-order valence-corrected chi connectivity index (χ1v) is 6.27. The number of halogens is 4. The van der Waals surface area contributed by atoms with Gasteiger partial charge in [-0.1, -0.05) is 15.9 Å². The summed E-state index contributed by atoms with van der Waals surface area (Å²) in [6.45, 7) is 0.262. The molecule has 1 heterocycles. The van der Waals surface area contributed by atoms with Crippen LogP contribution in [0.2, 0.25) is 0 Å². The summed E-state index contributed by atoms with van der Waals surface area (Å²) < 4.78 is 41.5. The lowest BCUT2D eigenvalue weighted by Crippen LogP contribution is -2.18. The van der Waals surface area contributed by atoms with Gasteiger partial charge >= 0.3 is 6.36 Å². The van der Waals surface area contributed by atoms with E-state index in [2.05, 4.69) is 36.0 Å². The van der Waals surface area contributed by atoms with Gasteiger partial charge in [0.05, 0.1) is 17.9 Å². The maximum atomic E-state index is 12.3. The van der Waals surface area contributed by atoms with Gasteiger partial charge in [0.1, 0.15) is 6.33 Å². The molecule has 0 spiro atoms. The van der Waals surface area contributed by atoms with Gasteiger partial charge in [-0.05, 0) is 24.3 Å². The van der Waals surface area contributed by atoms with E-state index in [9.17, 15) is 13.2 Å². The van der Waals surface area contributed by atoms with Crippen molar-refractivity contribution < 1.29 is 17.9 Å². The lowest BCUT2D eigenvalue weighted by atomic mass is 10.3. The summed E-state index contributed by atoms with van der Waals surface area (Å²) in [6, 6.07) is 6.02. The van der Waals surface area contributed by atoms with Gasteiger partial charge in [-0.2, -0.15) is 0 Å². The van der Waals surface area contributed by atoms with Crippen molar-refractivity contribution >= 4 is 21.6 Å². The molecular formula is C12H9BrF3N3O. The second-order valence-electron chi connectivity index (χ2n) is 3.74. The van der Waals surface area contributed by atoms with Crippen LogP contribution in [0, 0.1) is 0 Å². The highest BCUT2D eigenvalue weighted by molar-refractivity contribution is 9.10. The summed E-state index contributed by atoms with van der Waals surface area (Å²) in [5, 5.41) is 2.84. The fourth-order valence-electron chi connectivity index (χ4n) is 1.46. The molecule has 0 aliphatic carbocycles. The van der Waals surface area contributed by atoms with E-state index >= 15 is 0 Å².